The zero-order valence-corrected chi connectivity index (χ0v) is 24.2. The minimum Gasteiger partial charge on any atom is -0.458 e. The first kappa shape index (κ1) is 27.7. The fourth-order valence-corrected chi connectivity index (χ4v) is 8.54. The molecule has 0 radical (unpaired) electrons. The number of ether oxygens (including phenoxy) is 2. The average Bonchev–Trinajstić information content (AvgIpc) is 3.29. The van der Waals surface area contributed by atoms with Crippen LogP contribution in [0.1, 0.15) is 83.7 Å². The van der Waals surface area contributed by atoms with Crippen LogP contribution in [0.15, 0.2) is 77.7 Å². The van der Waals surface area contributed by atoms with Crippen LogP contribution in [0.3, 0.4) is 0 Å². The molecule has 3 aliphatic carbocycles. The number of sulfonamides is 1. The Bertz CT molecular complexity index is 1600. The van der Waals surface area contributed by atoms with E-state index in [4.69, 9.17) is 14.6 Å². The third kappa shape index (κ3) is 4.87. The van der Waals surface area contributed by atoms with E-state index < -0.39 is 16.0 Å². The van der Waals surface area contributed by atoms with Crippen LogP contribution in [-0.4, -0.2) is 26.5 Å². The molecular weight excluding hydrogens is 538 g/mol. The molecule has 3 aromatic carbocycles. The highest BCUT2D eigenvalue weighted by molar-refractivity contribution is 7.89. The van der Waals surface area contributed by atoms with E-state index in [1.54, 1.807) is 12.1 Å². The van der Waals surface area contributed by atoms with Crippen molar-refractivity contribution in [2.45, 2.75) is 69.3 Å². The van der Waals surface area contributed by atoms with Crippen molar-refractivity contribution in [2.75, 3.05) is 0 Å². The molecule has 6 rings (SSSR count). The molecule has 2 fully saturated rings. The van der Waals surface area contributed by atoms with Crippen LogP contribution in [0, 0.1) is 16.7 Å². The van der Waals surface area contributed by atoms with Crippen molar-refractivity contribution in [1.29, 1.82) is 0 Å². The summed E-state index contributed by atoms with van der Waals surface area (Å²) in [5.74, 6) is 0.582. The van der Waals surface area contributed by atoms with E-state index in [9.17, 15) is 18.0 Å². The number of hydrogen-bond donors (Lipinski definition) is 1. The lowest BCUT2D eigenvalue weighted by Crippen LogP contribution is -2.50. The third-order valence-electron chi connectivity index (χ3n) is 10.1. The van der Waals surface area contributed by atoms with Crippen molar-refractivity contribution in [2.24, 2.45) is 21.9 Å². The van der Waals surface area contributed by atoms with Gasteiger partial charge in [0.05, 0.1) is 16.0 Å². The van der Waals surface area contributed by atoms with Gasteiger partial charge < -0.3 is 9.47 Å². The molecule has 0 aliphatic heterocycles. The lowest BCUT2D eigenvalue weighted by atomic mass is 9.48. The lowest BCUT2D eigenvalue weighted by molar-refractivity contribution is -0.0751. The molecule has 5 atom stereocenters. The molecule has 0 saturated heterocycles. The van der Waals surface area contributed by atoms with E-state index in [1.807, 2.05) is 30.3 Å². The maximum Gasteiger partial charge on any atom is 0.343 e. The van der Waals surface area contributed by atoms with Crippen LogP contribution in [0.4, 0.5) is 0 Å². The van der Waals surface area contributed by atoms with Crippen molar-refractivity contribution in [3.8, 4) is 5.75 Å². The molecule has 0 bridgehead atoms. The molecule has 3 aromatic rings. The molecule has 2 N–H and O–H groups in total. The van der Waals surface area contributed by atoms with Crippen molar-refractivity contribution < 1.29 is 27.5 Å². The molecule has 0 unspecified atom stereocenters. The first-order chi connectivity index (χ1) is 19.5. The van der Waals surface area contributed by atoms with Crippen LogP contribution < -0.4 is 9.88 Å². The van der Waals surface area contributed by atoms with Crippen LogP contribution in [0.25, 0.3) is 0 Å². The van der Waals surface area contributed by atoms with Crippen LogP contribution in [0.2, 0.25) is 0 Å². The van der Waals surface area contributed by atoms with Gasteiger partial charge in [0.2, 0.25) is 10.0 Å². The Balaban J connectivity index is 1.18. The SMILES string of the molecule is C[C@]12CC[C@@H]3c4ccc(OC(=O)c5ccccc5)cc4CC[C@@]3(C)[C@@H]1CC[C@@H]2OC(=O)c1ccc(S(N)(=O)=O)cc1. The summed E-state index contributed by atoms with van der Waals surface area (Å²) in [4.78, 5) is 25.6. The highest BCUT2D eigenvalue weighted by Gasteiger charge is 2.61. The first-order valence-electron chi connectivity index (χ1n) is 14.2. The van der Waals surface area contributed by atoms with Crippen LogP contribution in [-0.2, 0) is 21.2 Å². The summed E-state index contributed by atoms with van der Waals surface area (Å²) >= 11 is 0. The first-order valence-corrected chi connectivity index (χ1v) is 15.8. The van der Waals surface area contributed by atoms with Crippen molar-refractivity contribution in [3.05, 3.63) is 95.1 Å². The number of esters is 2. The largest absolute Gasteiger partial charge is 0.458 e. The number of aryl methyl sites for hydroxylation is 1. The maximum atomic E-state index is 13.1. The van der Waals surface area contributed by atoms with Gasteiger partial charge in [-0.15, -0.1) is 0 Å². The van der Waals surface area contributed by atoms with Crippen LogP contribution in [0.5, 0.6) is 5.75 Å². The number of primary sulfonamides is 1. The highest BCUT2D eigenvalue weighted by Crippen LogP contribution is 2.67. The number of fused-ring (bicyclic) bond motifs is 5. The highest BCUT2D eigenvalue weighted by atomic mass is 32.2. The standard InChI is InChI=1S/C33H35NO6S/c1-32-18-16-23-20-24(39-30(35)21-6-4-3-5-7-21)10-13-26(23)27(32)17-19-33(2)28(32)14-15-29(33)40-31(36)22-8-11-25(12-9-22)41(34,37)38/h3-13,20,27-29H,14-19H2,1-2H3,(H2,34,37,38)/t27-,28+,29+,32-,33+/m1/s1. The van der Waals surface area contributed by atoms with E-state index in [0.717, 1.165) is 38.5 Å². The second-order valence-corrected chi connectivity index (χ2v) is 13.9. The minimum atomic E-state index is -3.83. The second kappa shape index (κ2) is 10.1. The Hall–Kier alpha value is -3.49. The number of carbonyl (C=O) groups excluding carboxylic acids is 2. The third-order valence-corrected chi connectivity index (χ3v) is 11.1. The molecule has 0 amide bonds. The molecule has 0 heterocycles. The van der Waals surface area contributed by atoms with E-state index in [-0.39, 0.29) is 27.8 Å². The van der Waals surface area contributed by atoms with E-state index in [2.05, 4.69) is 19.9 Å². The monoisotopic (exact) mass is 573 g/mol. The number of nitrogens with two attached hydrogens (primary N) is 1. The average molecular weight is 574 g/mol. The van der Waals surface area contributed by atoms with Crippen LogP contribution >= 0.6 is 0 Å². The van der Waals surface area contributed by atoms with Gasteiger partial charge in [0, 0.05) is 5.41 Å². The van der Waals surface area contributed by atoms with Gasteiger partial charge in [0.25, 0.3) is 0 Å². The summed E-state index contributed by atoms with van der Waals surface area (Å²) < 4.78 is 34.9. The summed E-state index contributed by atoms with van der Waals surface area (Å²) in [5, 5.41) is 5.19. The number of benzene rings is 3. The summed E-state index contributed by atoms with van der Waals surface area (Å²) in [6.45, 7) is 4.68. The Kier molecular flexibility index (Phi) is 6.82. The molecule has 0 spiro atoms. The van der Waals surface area contributed by atoms with Crippen molar-refractivity contribution in [1.82, 2.24) is 0 Å². The van der Waals surface area contributed by atoms with E-state index in [1.165, 1.54) is 35.4 Å². The predicted octanol–water partition coefficient (Wildman–Crippen LogP) is 6.03. The van der Waals surface area contributed by atoms with Gasteiger partial charge in [0.15, 0.2) is 0 Å². The summed E-state index contributed by atoms with van der Waals surface area (Å²) in [5.41, 5.74) is 3.38. The smallest absolute Gasteiger partial charge is 0.343 e. The second-order valence-electron chi connectivity index (χ2n) is 12.3. The van der Waals surface area contributed by atoms with Crippen molar-refractivity contribution >= 4 is 22.0 Å². The minimum absolute atomic E-state index is 0.0350. The van der Waals surface area contributed by atoms with Crippen molar-refractivity contribution in [3.63, 3.8) is 0 Å². The summed E-state index contributed by atoms with van der Waals surface area (Å²) in [6.07, 6.45) is 5.49. The van der Waals surface area contributed by atoms with Gasteiger partial charge in [-0.1, -0.05) is 38.1 Å². The van der Waals surface area contributed by atoms with Gasteiger partial charge in [0.1, 0.15) is 11.9 Å². The van der Waals surface area contributed by atoms with Gasteiger partial charge in [-0.25, -0.2) is 23.1 Å². The van der Waals surface area contributed by atoms with Gasteiger partial charge in [-0.3, -0.25) is 0 Å². The predicted molar refractivity (Wildman–Crippen MR) is 154 cm³/mol. The molecule has 3 aliphatic rings. The quantitative estimate of drug-likeness (QED) is 0.295. The van der Waals surface area contributed by atoms with Gasteiger partial charge in [-0.2, -0.15) is 0 Å². The normalized spacial score (nSPS) is 28.6. The summed E-state index contributed by atoms with van der Waals surface area (Å²) in [7, 11) is -3.83. The number of hydrogen-bond acceptors (Lipinski definition) is 6. The zero-order chi connectivity index (χ0) is 29.0. The molecule has 0 aromatic heterocycles. The molecule has 214 valence electrons. The molecular formula is C33H35NO6S. The molecule has 8 heteroatoms. The van der Waals surface area contributed by atoms with E-state index >= 15 is 0 Å². The molecule has 2 saturated carbocycles. The number of carbonyl (C=O) groups is 2. The lowest BCUT2D eigenvalue weighted by Gasteiger charge is -2.57. The molecule has 7 nitrogen and oxygen atoms in total. The fraction of sp³-hybridized carbons (Fsp3) is 0.394. The fourth-order valence-electron chi connectivity index (χ4n) is 8.02. The number of rotatable bonds is 5. The van der Waals surface area contributed by atoms with E-state index in [0.29, 0.717) is 28.7 Å². The summed E-state index contributed by atoms with van der Waals surface area (Å²) in [6, 6.07) is 20.7. The van der Waals surface area contributed by atoms with Gasteiger partial charge in [-0.05, 0) is 115 Å². The Morgan fingerprint density at radius 3 is 2.24 bits per heavy atom. The van der Waals surface area contributed by atoms with Gasteiger partial charge >= 0.3 is 11.9 Å². The topological polar surface area (TPSA) is 113 Å². The Morgan fingerprint density at radius 2 is 1.54 bits per heavy atom. The molecule has 41 heavy (non-hydrogen) atoms. The maximum absolute atomic E-state index is 13.1. The Morgan fingerprint density at radius 1 is 0.829 bits per heavy atom. The Labute approximate surface area is 241 Å². The zero-order valence-electron chi connectivity index (χ0n) is 23.3.